The third-order valence-corrected chi connectivity index (χ3v) is 6.64. The maximum absolute atomic E-state index is 12.7. The lowest BCUT2D eigenvalue weighted by Gasteiger charge is -2.26. The molecular weight excluding hydrogens is 344 g/mol. The SMILES string of the molecule is O=C(NCCc1n[nH]c(=S)n1C1CC1)[C@@H]1C[C@@]12CCCc1ccccc12. The molecule has 2 atom stereocenters. The van der Waals surface area contributed by atoms with Crippen LogP contribution >= 0.6 is 12.2 Å². The van der Waals surface area contributed by atoms with Gasteiger partial charge in [-0.05, 0) is 61.9 Å². The van der Waals surface area contributed by atoms with Crippen LogP contribution in [0.15, 0.2) is 24.3 Å². The van der Waals surface area contributed by atoms with E-state index in [1.165, 1.54) is 30.4 Å². The van der Waals surface area contributed by atoms with Gasteiger partial charge in [0, 0.05) is 30.3 Å². The van der Waals surface area contributed by atoms with Gasteiger partial charge in [0.05, 0.1) is 0 Å². The molecule has 2 saturated carbocycles. The highest BCUT2D eigenvalue weighted by molar-refractivity contribution is 7.71. The Morgan fingerprint density at radius 3 is 3.08 bits per heavy atom. The van der Waals surface area contributed by atoms with Crippen molar-refractivity contribution in [2.24, 2.45) is 5.92 Å². The summed E-state index contributed by atoms with van der Waals surface area (Å²) >= 11 is 5.32. The largest absolute Gasteiger partial charge is 0.355 e. The molecule has 0 unspecified atom stereocenters. The van der Waals surface area contributed by atoms with Gasteiger partial charge < -0.3 is 9.88 Å². The van der Waals surface area contributed by atoms with Crippen molar-refractivity contribution in [3.05, 3.63) is 46.0 Å². The summed E-state index contributed by atoms with van der Waals surface area (Å²) in [4.78, 5) is 12.7. The fraction of sp³-hybridized carbons (Fsp3) is 0.550. The number of amides is 1. The van der Waals surface area contributed by atoms with Crippen molar-refractivity contribution in [3.8, 4) is 0 Å². The van der Waals surface area contributed by atoms with Gasteiger partial charge in [-0.15, -0.1) is 0 Å². The minimum Gasteiger partial charge on any atom is -0.355 e. The molecule has 6 heteroatoms. The zero-order valence-electron chi connectivity index (χ0n) is 14.8. The molecule has 1 spiro atoms. The quantitative estimate of drug-likeness (QED) is 0.797. The lowest BCUT2D eigenvalue weighted by Crippen LogP contribution is -2.31. The fourth-order valence-corrected chi connectivity index (χ4v) is 5.12. The van der Waals surface area contributed by atoms with E-state index in [1.54, 1.807) is 0 Å². The van der Waals surface area contributed by atoms with Gasteiger partial charge in [0.25, 0.3) is 0 Å². The van der Waals surface area contributed by atoms with Crippen molar-refractivity contribution in [1.82, 2.24) is 20.1 Å². The molecule has 1 aromatic carbocycles. The third-order valence-electron chi connectivity index (χ3n) is 6.35. The van der Waals surface area contributed by atoms with Gasteiger partial charge in [-0.25, -0.2) is 0 Å². The number of nitrogens with one attached hydrogen (secondary N) is 2. The molecule has 3 aliphatic rings. The zero-order chi connectivity index (χ0) is 17.7. The Morgan fingerprint density at radius 1 is 1.38 bits per heavy atom. The Hall–Kier alpha value is -1.95. The van der Waals surface area contributed by atoms with E-state index in [-0.39, 0.29) is 17.2 Å². The zero-order valence-corrected chi connectivity index (χ0v) is 15.6. The monoisotopic (exact) mass is 368 g/mol. The molecule has 2 fully saturated rings. The number of rotatable bonds is 5. The number of aromatic nitrogens is 3. The van der Waals surface area contributed by atoms with Crippen LogP contribution in [0.3, 0.4) is 0 Å². The summed E-state index contributed by atoms with van der Waals surface area (Å²) in [6.07, 6.45) is 7.56. The molecule has 26 heavy (non-hydrogen) atoms. The van der Waals surface area contributed by atoms with E-state index in [2.05, 4.69) is 44.3 Å². The Balaban J connectivity index is 1.23. The molecule has 1 heterocycles. The maximum Gasteiger partial charge on any atom is 0.224 e. The lowest BCUT2D eigenvalue weighted by atomic mass is 9.78. The topological polar surface area (TPSA) is 62.7 Å². The highest BCUT2D eigenvalue weighted by Crippen LogP contribution is 2.60. The molecule has 5 rings (SSSR count). The average molecular weight is 369 g/mol. The number of hydrogen-bond donors (Lipinski definition) is 2. The van der Waals surface area contributed by atoms with Crippen molar-refractivity contribution in [2.75, 3.05) is 6.54 Å². The predicted molar refractivity (Wildman–Crippen MR) is 102 cm³/mol. The summed E-state index contributed by atoms with van der Waals surface area (Å²) in [5.41, 5.74) is 2.96. The van der Waals surface area contributed by atoms with Crippen LogP contribution in [0.1, 0.15) is 55.1 Å². The van der Waals surface area contributed by atoms with Gasteiger partial charge in [-0.2, -0.15) is 5.10 Å². The van der Waals surface area contributed by atoms with E-state index >= 15 is 0 Å². The number of H-pyrrole nitrogens is 1. The highest BCUT2D eigenvalue weighted by atomic mass is 32.1. The highest BCUT2D eigenvalue weighted by Gasteiger charge is 2.59. The van der Waals surface area contributed by atoms with Gasteiger partial charge in [-0.1, -0.05) is 24.3 Å². The summed E-state index contributed by atoms with van der Waals surface area (Å²) < 4.78 is 2.83. The van der Waals surface area contributed by atoms with Gasteiger partial charge in [0.2, 0.25) is 5.91 Å². The number of nitrogens with zero attached hydrogens (tertiary/aromatic N) is 2. The van der Waals surface area contributed by atoms with Crippen LogP contribution in [0.2, 0.25) is 0 Å². The second-order valence-corrected chi connectivity index (χ2v) is 8.40. The summed E-state index contributed by atoms with van der Waals surface area (Å²) in [5, 5.41) is 10.4. The van der Waals surface area contributed by atoms with Crippen molar-refractivity contribution in [3.63, 3.8) is 0 Å². The maximum atomic E-state index is 12.7. The summed E-state index contributed by atoms with van der Waals surface area (Å²) in [7, 11) is 0. The van der Waals surface area contributed by atoms with Gasteiger partial charge in [0.1, 0.15) is 5.82 Å². The number of benzene rings is 1. The van der Waals surface area contributed by atoms with Crippen LogP contribution in [-0.4, -0.2) is 27.2 Å². The standard InChI is InChI=1S/C20H24N4OS/c25-18(21-11-9-17-22-23-19(26)24(17)14-7-8-14)16-12-20(16)10-3-5-13-4-1-2-6-15(13)20/h1-2,4,6,14,16H,3,5,7-12H2,(H,21,25)(H,23,26)/t16-,20+/m0/s1. The second-order valence-electron chi connectivity index (χ2n) is 8.01. The normalized spacial score (nSPS) is 26.5. The van der Waals surface area contributed by atoms with E-state index in [4.69, 9.17) is 12.2 Å². The number of aromatic amines is 1. The van der Waals surface area contributed by atoms with E-state index in [9.17, 15) is 4.79 Å². The van der Waals surface area contributed by atoms with Crippen LogP contribution in [0.4, 0.5) is 0 Å². The molecule has 2 aromatic rings. The molecule has 0 bridgehead atoms. The molecule has 2 N–H and O–H groups in total. The molecule has 0 radical (unpaired) electrons. The molecular formula is C20H24N4OS. The second kappa shape index (κ2) is 6.05. The number of carbonyl (C=O) groups excluding carboxylic acids is 1. The van der Waals surface area contributed by atoms with Crippen molar-refractivity contribution in [1.29, 1.82) is 0 Å². The van der Waals surface area contributed by atoms with Gasteiger partial charge >= 0.3 is 0 Å². The molecule has 1 aromatic heterocycles. The number of carbonyl (C=O) groups is 1. The van der Waals surface area contributed by atoms with Gasteiger partial charge in [0.15, 0.2) is 4.77 Å². The third kappa shape index (κ3) is 2.62. The van der Waals surface area contributed by atoms with E-state index < -0.39 is 0 Å². The van der Waals surface area contributed by atoms with Crippen LogP contribution in [-0.2, 0) is 23.1 Å². The first-order valence-electron chi connectivity index (χ1n) is 9.71. The molecule has 0 saturated heterocycles. The Morgan fingerprint density at radius 2 is 2.23 bits per heavy atom. The lowest BCUT2D eigenvalue weighted by molar-refractivity contribution is -0.122. The minimum atomic E-state index is 0.104. The molecule has 3 aliphatic carbocycles. The number of hydrogen-bond acceptors (Lipinski definition) is 3. The summed E-state index contributed by atoms with van der Waals surface area (Å²) in [6, 6.07) is 9.19. The first-order chi connectivity index (χ1) is 12.7. The van der Waals surface area contributed by atoms with Crippen LogP contribution in [0, 0.1) is 10.7 Å². The summed E-state index contributed by atoms with van der Waals surface area (Å²) in [6.45, 7) is 0.624. The Bertz CT molecular complexity index is 913. The van der Waals surface area contributed by atoms with Crippen molar-refractivity contribution >= 4 is 18.1 Å². The molecule has 136 valence electrons. The van der Waals surface area contributed by atoms with Crippen LogP contribution in [0.25, 0.3) is 0 Å². The molecule has 0 aliphatic heterocycles. The molecule has 1 amide bonds. The van der Waals surface area contributed by atoms with E-state index in [0.717, 1.165) is 31.5 Å². The van der Waals surface area contributed by atoms with Crippen molar-refractivity contribution < 1.29 is 4.79 Å². The van der Waals surface area contributed by atoms with E-state index in [1.807, 2.05) is 0 Å². The predicted octanol–water partition coefficient (Wildman–Crippen LogP) is 3.23. The Kier molecular flexibility index (Phi) is 3.78. The average Bonchev–Trinajstić information content (AvgIpc) is 3.57. The number of fused-ring (bicyclic) bond motifs is 2. The van der Waals surface area contributed by atoms with Crippen molar-refractivity contribution in [2.45, 2.75) is 56.4 Å². The van der Waals surface area contributed by atoms with Crippen LogP contribution in [0.5, 0.6) is 0 Å². The van der Waals surface area contributed by atoms with Gasteiger partial charge in [-0.3, -0.25) is 9.89 Å². The first kappa shape index (κ1) is 16.2. The smallest absolute Gasteiger partial charge is 0.224 e. The fourth-order valence-electron chi connectivity index (χ4n) is 4.82. The summed E-state index contributed by atoms with van der Waals surface area (Å²) in [5.74, 6) is 1.30. The minimum absolute atomic E-state index is 0.104. The first-order valence-corrected chi connectivity index (χ1v) is 10.1. The molecule has 5 nitrogen and oxygen atoms in total. The van der Waals surface area contributed by atoms with Crippen LogP contribution < -0.4 is 5.32 Å². The van der Waals surface area contributed by atoms with E-state index in [0.29, 0.717) is 17.4 Å². The number of aryl methyl sites for hydroxylation is 1. The Labute approximate surface area is 158 Å².